The Morgan fingerprint density at radius 1 is 0.800 bits per heavy atom. The van der Waals surface area contributed by atoms with Crippen molar-refractivity contribution in [3.05, 3.63) is 95.6 Å². The van der Waals surface area contributed by atoms with Crippen molar-refractivity contribution >= 4 is 29.1 Å². The summed E-state index contributed by atoms with van der Waals surface area (Å²) in [5, 5.41) is 11.5. The second-order valence-corrected chi connectivity index (χ2v) is 7.91. The number of nitrogens with one attached hydrogen (secondary N) is 4. The predicted molar refractivity (Wildman–Crippen MR) is 137 cm³/mol. The van der Waals surface area contributed by atoms with E-state index in [0.717, 1.165) is 5.56 Å². The maximum absolute atomic E-state index is 12.5. The van der Waals surface area contributed by atoms with Gasteiger partial charge in [0.1, 0.15) is 0 Å². The third-order valence-electron chi connectivity index (χ3n) is 5.27. The molecule has 0 saturated heterocycles. The quantitative estimate of drug-likeness (QED) is 0.318. The molecule has 3 amide bonds. The predicted octanol–water partition coefficient (Wildman–Crippen LogP) is 3.60. The van der Waals surface area contributed by atoms with Gasteiger partial charge in [-0.1, -0.05) is 30.3 Å². The normalized spacial score (nSPS) is 11.3. The van der Waals surface area contributed by atoms with E-state index in [0.29, 0.717) is 35.7 Å². The average molecular weight is 475 g/mol. The Labute approximate surface area is 205 Å². The van der Waals surface area contributed by atoms with Crippen molar-refractivity contribution in [1.29, 1.82) is 0 Å². The van der Waals surface area contributed by atoms with E-state index < -0.39 is 0 Å². The summed E-state index contributed by atoms with van der Waals surface area (Å²) in [6.45, 7) is 2.87. The van der Waals surface area contributed by atoms with E-state index in [-0.39, 0.29) is 30.3 Å². The first kappa shape index (κ1) is 25.5. The van der Waals surface area contributed by atoms with Gasteiger partial charge in [-0.25, -0.2) is 0 Å². The number of hydrogen-bond acceptors (Lipinski definition) is 5. The number of carbonyl (C=O) groups is 3. The highest BCUT2D eigenvalue weighted by Gasteiger charge is 2.12. The fourth-order valence-corrected chi connectivity index (χ4v) is 3.31. The maximum Gasteiger partial charge on any atom is 0.251 e. The number of hydrogen-bond donors (Lipinski definition) is 4. The SMILES string of the molecule is COCCNC(=O)c1ccc(NCC(=O)Nc2ccc(C(=O)NC(C)c3ccccc3)cc2)cc1. The van der Waals surface area contributed by atoms with Crippen molar-refractivity contribution in [2.45, 2.75) is 13.0 Å². The first-order valence-electron chi connectivity index (χ1n) is 11.3. The number of benzene rings is 3. The fourth-order valence-electron chi connectivity index (χ4n) is 3.31. The van der Waals surface area contributed by atoms with E-state index in [1.54, 1.807) is 55.6 Å². The lowest BCUT2D eigenvalue weighted by molar-refractivity contribution is -0.114. The van der Waals surface area contributed by atoms with Gasteiger partial charge in [0.25, 0.3) is 11.8 Å². The number of ether oxygens (including phenoxy) is 1. The van der Waals surface area contributed by atoms with Crippen molar-refractivity contribution in [2.75, 3.05) is 37.4 Å². The van der Waals surface area contributed by atoms with E-state index in [1.165, 1.54) is 0 Å². The van der Waals surface area contributed by atoms with Crippen LogP contribution in [0.25, 0.3) is 0 Å². The van der Waals surface area contributed by atoms with Gasteiger partial charge in [-0.2, -0.15) is 0 Å². The van der Waals surface area contributed by atoms with Crippen LogP contribution in [-0.4, -0.2) is 44.5 Å². The smallest absolute Gasteiger partial charge is 0.251 e. The van der Waals surface area contributed by atoms with Crippen molar-refractivity contribution in [2.24, 2.45) is 0 Å². The summed E-state index contributed by atoms with van der Waals surface area (Å²) in [6, 6.07) is 23.2. The first-order chi connectivity index (χ1) is 17.0. The molecule has 3 aromatic carbocycles. The maximum atomic E-state index is 12.5. The first-order valence-corrected chi connectivity index (χ1v) is 11.3. The summed E-state index contributed by atoms with van der Waals surface area (Å²) in [5.74, 6) is -0.601. The van der Waals surface area contributed by atoms with Crippen LogP contribution < -0.4 is 21.3 Å². The molecule has 0 aliphatic rings. The highest BCUT2D eigenvalue weighted by atomic mass is 16.5. The second-order valence-electron chi connectivity index (χ2n) is 7.91. The van der Waals surface area contributed by atoms with E-state index in [2.05, 4.69) is 21.3 Å². The Hall–Kier alpha value is -4.17. The summed E-state index contributed by atoms with van der Waals surface area (Å²) in [4.78, 5) is 36.8. The Morgan fingerprint density at radius 3 is 2.03 bits per heavy atom. The van der Waals surface area contributed by atoms with Gasteiger partial charge in [-0.3, -0.25) is 14.4 Å². The number of methoxy groups -OCH3 is 1. The summed E-state index contributed by atoms with van der Waals surface area (Å²) in [7, 11) is 1.57. The topological polar surface area (TPSA) is 109 Å². The highest BCUT2D eigenvalue weighted by molar-refractivity contribution is 5.97. The van der Waals surface area contributed by atoms with Gasteiger partial charge in [0.05, 0.1) is 19.2 Å². The molecule has 0 fully saturated rings. The molecule has 0 heterocycles. The molecule has 35 heavy (non-hydrogen) atoms. The van der Waals surface area contributed by atoms with E-state index in [9.17, 15) is 14.4 Å². The van der Waals surface area contributed by atoms with Crippen LogP contribution in [-0.2, 0) is 9.53 Å². The van der Waals surface area contributed by atoms with Crippen molar-refractivity contribution in [3.8, 4) is 0 Å². The van der Waals surface area contributed by atoms with Crippen molar-refractivity contribution < 1.29 is 19.1 Å². The van der Waals surface area contributed by atoms with Crippen LogP contribution in [0.2, 0.25) is 0 Å². The molecule has 1 unspecified atom stereocenters. The van der Waals surface area contributed by atoms with Gasteiger partial charge < -0.3 is 26.0 Å². The van der Waals surface area contributed by atoms with Crippen LogP contribution in [0, 0.1) is 0 Å². The lowest BCUT2D eigenvalue weighted by Gasteiger charge is -2.14. The van der Waals surface area contributed by atoms with E-state index >= 15 is 0 Å². The highest BCUT2D eigenvalue weighted by Crippen LogP contribution is 2.14. The molecule has 8 heteroatoms. The molecule has 0 aromatic heterocycles. The summed E-state index contributed by atoms with van der Waals surface area (Å²) in [6.07, 6.45) is 0. The van der Waals surface area contributed by atoms with Gasteiger partial charge in [0.15, 0.2) is 0 Å². The lowest BCUT2D eigenvalue weighted by atomic mass is 10.1. The van der Waals surface area contributed by atoms with Gasteiger partial charge in [-0.15, -0.1) is 0 Å². The van der Waals surface area contributed by atoms with Crippen molar-refractivity contribution in [1.82, 2.24) is 10.6 Å². The number of amides is 3. The van der Waals surface area contributed by atoms with Crippen molar-refractivity contribution in [3.63, 3.8) is 0 Å². The number of anilines is 2. The zero-order valence-electron chi connectivity index (χ0n) is 19.8. The third kappa shape index (κ3) is 7.97. The molecular formula is C27H30N4O4. The second kappa shape index (κ2) is 12.9. The van der Waals surface area contributed by atoms with Gasteiger partial charge >= 0.3 is 0 Å². The van der Waals surface area contributed by atoms with Crippen LogP contribution >= 0.6 is 0 Å². The molecular weight excluding hydrogens is 444 g/mol. The Morgan fingerprint density at radius 2 is 1.40 bits per heavy atom. The molecule has 3 rings (SSSR count). The number of carbonyl (C=O) groups excluding carboxylic acids is 3. The zero-order valence-corrected chi connectivity index (χ0v) is 19.8. The van der Waals surface area contributed by atoms with Gasteiger partial charge in [0, 0.05) is 36.2 Å². The summed E-state index contributed by atoms with van der Waals surface area (Å²) >= 11 is 0. The molecule has 0 radical (unpaired) electrons. The number of rotatable bonds is 11. The van der Waals surface area contributed by atoms with Crippen LogP contribution in [0.15, 0.2) is 78.9 Å². The standard InChI is InChI=1S/C27H30N4O4/c1-19(20-6-4-3-5-7-20)30-27(34)22-10-14-24(15-11-22)31-25(32)18-29-23-12-8-21(9-13-23)26(33)28-16-17-35-2/h3-15,19,29H,16-18H2,1-2H3,(H,28,33)(H,30,34)(H,31,32). The zero-order chi connectivity index (χ0) is 25.0. The van der Waals surface area contributed by atoms with Gasteiger partial charge in [0.2, 0.25) is 5.91 Å². The lowest BCUT2D eigenvalue weighted by Crippen LogP contribution is -2.27. The third-order valence-corrected chi connectivity index (χ3v) is 5.27. The Balaban J connectivity index is 1.44. The molecule has 8 nitrogen and oxygen atoms in total. The monoisotopic (exact) mass is 474 g/mol. The Kier molecular flexibility index (Phi) is 9.39. The fraction of sp³-hybridized carbons (Fsp3) is 0.222. The molecule has 4 N–H and O–H groups in total. The summed E-state index contributed by atoms with van der Waals surface area (Å²) in [5.41, 5.74) is 3.37. The molecule has 0 aliphatic carbocycles. The molecule has 1 atom stereocenters. The van der Waals surface area contributed by atoms with Gasteiger partial charge in [-0.05, 0) is 61.0 Å². The molecule has 0 bridgehead atoms. The molecule has 0 saturated carbocycles. The largest absolute Gasteiger partial charge is 0.383 e. The minimum absolute atomic E-state index is 0.0518. The van der Waals surface area contributed by atoms with Crippen LogP contribution in [0.3, 0.4) is 0 Å². The van der Waals surface area contributed by atoms with Crippen LogP contribution in [0.1, 0.15) is 39.2 Å². The molecule has 0 aliphatic heterocycles. The van der Waals surface area contributed by atoms with Crippen LogP contribution in [0.4, 0.5) is 11.4 Å². The molecule has 182 valence electrons. The van der Waals surface area contributed by atoms with E-state index in [4.69, 9.17) is 4.74 Å². The minimum atomic E-state index is -0.235. The minimum Gasteiger partial charge on any atom is -0.383 e. The van der Waals surface area contributed by atoms with Crippen LogP contribution in [0.5, 0.6) is 0 Å². The Bertz CT molecular complexity index is 1120. The summed E-state index contributed by atoms with van der Waals surface area (Å²) < 4.78 is 4.91. The van der Waals surface area contributed by atoms with E-state index in [1.807, 2.05) is 37.3 Å². The molecule has 3 aromatic rings. The average Bonchev–Trinajstić information content (AvgIpc) is 2.88. The molecule has 0 spiro atoms.